The van der Waals surface area contributed by atoms with Gasteiger partial charge in [0, 0.05) is 19.5 Å². The van der Waals surface area contributed by atoms with Crippen LogP contribution in [0.2, 0.25) is 0 Å². The predicted molar refractivity (Wildman–Crippen MR) is 91.3 cm³/mol. The van der Waals surface area contributed by atoms with Crippen molar-refractivity contribution < 1.29 is 17.9 Å². The second-order valence-corrected chi connectivity index (χ2v) is 7.04. The van der Waals surface area contributed by atoms with Crippen LogP contribution in [0.5, 0.6) is 5.75 Å². The first-order valence-corrected chi connectivity index (χ1v) is 9.32. The Bertz CT molecular complexity index is 625. The number of nitrogens with one attached hydrogen (secondary N) is 1. The van der Waals surface area contributed by atoms with Crippen LogP contribution in [-0.2, 0) is 14.8 Å². The van der Waals surface area contributed by atoms with Gasteiger partial charge < -0.3 is 10.1 Å². The lowest BCUT2D eigenvalue weighted by atomic mass is 10.2. The highest BCUT2D eigenvalue weighted by atomic mass is 32.2. The van der Waals surface area contributed by atoms with Gasteiger partial charge >= 0.3 is 0 Å². The Morgan fingerprint density at radius 1 is 1.22 bits per heavy atom. The second-order valence-electron chi connectivity index (χ2n) is 5.10. The summed E-state index contributed by atoms with van der Waals surface area (Å²) in [6, 6.07) is 4.51. The van der Waals surface area contributed by atoms with Gasteiger partial charge in [-0.15, -0.1) is 0 Å². The zero-order chi connectivity index (χ0) is 17.5. The fourth-order valence-electron chi connectivity index (χ4n) is 2.21. The van der Waals surface area contributed by atoms with Crippen molar-refractivity contribution in [1.82, 2.24) is 4.31 Å². The van der Waals surface area contributed by atoms with Crippen molar-refractivity contribution >= 4 is 21.6 Å². The quantitative estimate of drug-likeness (QED) is 0.749. The molecule has 0 aromatic heterocycles. The number of sulfonamides is 1. The van der Waals surface area contributed by atoms with Crippen LogP contribution in [0.25, 0.3) is 0 Å². The van der Waals surface area contributed by atoms with E-state index in [1.807, 2.05) is 6.92 Å². The van der Waals surface area contributed by atoms with Gasteiger partial charge in [-0.05, 0) is 24.6 Å². The highest BCUT2D eigenvalue weighted by Crippen LogP contribution is 2.29. The van der Waals surface area contributed by atoms with E-state index in [9.17, 15) is 13.2 Å². The second kappa shape index (κ2) is 8.88. The molecule has 7 heteroatoms. The molecule has 0 unspecified atom stereocenters. The molecule has 130 valence electrons. The zero-order valence-corrected chi connectivity index (χ0v) is 15.1. The molecule has 1 rings (SSSR count). The van der Waals surface area contributed by atoms with Crippen molar-refractivity contribution in [3.8, 4) is 5.75 Å². The summed E-state index contributed by atoms with van der Waals surface area (Å²) >= 11 is 0. The van der Waals surface area contributed by atoms with Crippen molar-refractivity contribution in [3.05, 3.63) is 18.2 Å². The van der Waals surface area contributed by atoms with E-state index in [0.717, 1.165) is 12.8 Å². The highest BCUT2D eigenvalue weighted by molar-refractivity contribution is 7.89. The Morgan fingerprint density at radius 2 is 1.87 bits per heavy atom. The Hall–Kier alpha value is -1.60. The van der Waals surface area contributed by atoms with Crippen LogP contribution < -0.4 is 10.1 Å². The number of nitrogens with zero attached hydrogens (tertiary/aromatic N) is 1. The van der Waals surface area contributed by atoms with E-state index in [4.69, 9.17) is 4.74 Å². The average Bonchev–Trinajstić information content (AvgIpc) is 2.53. The molecule has 0 fully saturated rings. The third-order valence-corrected chi connectivity index (χ3v) is 5.59. The number of anilines is 1. The molecule has 0 heterocycles. The molecule has 0 aliphatic rings. The molecule has 0 bridgehead atoms. The highest BCUT2D eigenvalue weighted by Gasteiger charge is 2.23. The zero-order valence-electron chi connectivity index (χ0n) is 14.3. The lowest BCUT2D eigenvalue weighted by Gasteiger charge is -2.19. The van der Waals surface area contributed by atoms with Crippen LogP contribution in [0, 0.1) is 0 Å². The summed E-state index contributed by atoms with van der Waals surface area (Å²) in [6.45, 7) is 6.37. The topological polar surface area (TPSA) is 75.7 Å². The van der Waals surface area contributed by atoms with Crippen LogP contribution in [0.4, 0.5) is 5.69 Å². The first-order valence-electron chi connectivity index (χ1n) is 7.88. The number of hydrogen-bond donors (Lipinski definition) is 1. The Kier molecular flexibility index (Phi) is 7.51. The third kappa shape index (κ3) is 4.94. The molecule has 1 amide bonds. The Labute approximate surface area is 138 Å². The molecule has 23 heavy (non-hydrogen) atoms. The summed E-state index contributed by atoms with van der Waals surface area (Å²) in [5, 5.41) is 2.74. The smallest absolute Gasteiger partial charge is 0.243 e. The van der Waals surface area contributed by atoms with E-state index in [1.54, 1.807) is 19.9 Å². The Balaban J connectivity index is 3.14. The van der Waals surface area contributed by atoms with E-state index < -0.39 is 10.0 Å². The first-order chi connectivity index (χ1) is 10.9. The van der Waals surface area contributed by atoms with E-state index >= 15 is 0 Å². The van der Waals surface area contributed by atoms with Gasteiger partial charge in [-0.3, -0.25) is 4.79 Å². The monoisotopic (exact) mass is 342 g/mol. The Morgan fingerprint density at radius 3 is 2.39 bits per heavy atom. The number of benzene rings is 1. The maximum absolute atomic E-state index is 12.6. The maximum Gasteiger partial charge on any atom is 0.243 e. The van der Waals surface area contributed by atoms with Gasteiger partial charge in [0.2, 0.25) is 15.9 Å². The van der Waals surface area contributed by atoms with Gasteiger partial charge in [-0.1, -0.05) is 27.2 Å². The van der Waals surface area contributed by atoms with Crippen molar-refractivity contribution in [2.75, 3.05) is 25.5 Å². The number of carbonyl (C=O) groups excluding carboxylic acids is 1. The molecule has 0 atom stereocenters. The summed E-state index contributed by atoms with van der Waals surface area (Å²) in [5.74, 6) is 0.288. The molecule has 0 spiro atoms. The van der Waals surface area contributed by atoms with Crippen molar-refractivity contribution in [2.24, 2.45) is 0 Å². The van der Waals surface area contributed by atoms with Crippen molar-refractivity contribution in [2.45, 2.75) is 44.9 Å². The van der Waals surface area contributed by atoms with Gasteiger partial charge in [0.1, 0.15) is 5.75 Å². The minimum atomic E-state index is -3.57. The SMILES string of the molecule is CCCCC(=O)Nc1cc(S(=O)(=O)N(CC)CC)ccc1OC. The van der Waals surface area contributed by atoms with Crippen LogP contribution >= 0.6 is 0 Å². The molecule has 6 nitrogen and oxygen atoms in total. The third-order valence-electron chi connectivity index (χ3n) is 3.55. The lowest BCUT2D eigenvalue weighted by molar-refractivity contribution is -0.116. The number of methoxy groups -OCH3 is 1. The molecule has 0 saturated carbocycles. The largest absolute Gasteiger partial charge is 0.495 e. The van der Waals surface area contributed by atoms with Gasteiger partial charge in [0.25, 0.3) is 0 Å². The van der Waals surface area contributed by atoms with Gasteiger partial charge in [-0.2, -0.15) is 4.31 Å². The predicted octanol–water partition coefficient (Wildman–Crippen LogP) is 2.85. The minimum Gasteiger partial charge on any atom is -0.495 e. The standard InChI is InChI=1S/C16H26N2O4S/c1-5-8-9-16(19)17-14-12-13(10-11-15(14)22-4)23(20,21)18(6-2)7-3/h10-12H,5-9H2,1-4H3,(H,17,19). The lowest BCUT2D eigenvalue weighted by Crippen LogP contribution is -2.30. The molecule has 0 aliphatic carbocycles. The summed E-state index contributed by atoms with van der Waals surface area (Å²) in [6.07, 6.45) is 2.10. The summed E-state index contributed by atoms with van der Waals surface area (Å²) in [4.78, 5) is 12.1. The van der Waals surface area contributed by atoms with Crippen LogP contribution in [0.3, 0.4) is 0 Å². The number of ether oxygens (including phenoxy) is 1. The normalized spacial score (nSPS) is 11.5. The maximum atomic E-state index is 12.6. The average molecular weight is 342 g/mol. The summed E-state index contributed by atoms with van der Waals surface area (Å²) in [5.41, 5.74) is 0.377. The van der Waals surface area contributed by atoms with Crippen molar-refractivity contribution in [1.29, 1.82) is 0 Å². The molecule has 1 aromatic rings. The summed E-state index contributed by atoms with van der Waals surface area (Å²) in [7, 11) is -2.09. The molecule has 0 radical (unpaired) electrons. The molecule has 1 N–H and O–H groups in total. The van der Waals surface area contributed by atoms with E-state index in [2.05, 4.69) is 5.32 Å². The van der Waals surface area contributed by atoms with Gasteiger partial charge in [-0.25, -0.2) is 8.42 Å². The fourth-order valence-corrected chi connectivity index (χ4v) is 3.69. The molecular weight excluding hydrogens is 316 g/mol. The van der Waals surface area contributed by atoms with Crippen LogP contribution in [-0.4, -0.2) is 38.8 Å². The van der Waals surface area contributed by atoms with Crippen LogP contribution in [0.1, 0.15) is 40.0 Å². The molecular formula is C16H26N2O4S. The summed E-state index contributed by atoms with van der Waals surface area (Å²) < 4.78 is 31.7. The number of unbranched alkanes of at least 4 members (excludes halogenated alkanes) is 1. The number of hydrogen-bond acceptors (Lipinski definition) is 4. The van der Waals surface area contributed by atoms with Gasteiger partial charge in [0.15, 0.2) is 0 Å². The van der Waals surface area contributed by atoms with E-state index in [1.165, 1.54) is 23.5 Å². The molecule has 0 saturated heterocycles. The number of amides is 1. The number of carbonyl (C=O) groups is 1. The number of rotatable bonds is 9. The van der Waals surface area contributed by atoms with Crippen LogP contribution in [0.15, 0.2) is 23.1 Å². The first kappa shape index (κ1) is 19.4. The minimum absolute atomic E-state index is 0.146. The fraction of sp³-hybridized carbons (Fsp3) is 0.562. The van der Waals surface area contributed by atoms with Crippen molar-refractivity contribution in [3.63, 3.8) is 0 Å². The molecule has 0 aliphatic heterocycles. The van der Waals surface area contributed by atoms with E-state index in [-0.39, 0.29) is 10.8 Å². The van der Waals surface area contributed by atoms with Gasteiger partial charge in [0.05, 0.1) is 17.7 Å². The van der Waals surface area contributed by atoms with E-state index in [0.29, 0.717) is 30.9 Å². The molecule has 1 aromatic carbocycles.